The van der Waals surface area contributed by atoms with Gasteiger partial charge in [0.2, 0.25) is 0 Å². The molecular weight excluding hydrogens is 384 g/mol. The van der Waals surface area contributed by atoms with Gasteiger partial charge in [0, 0.05) is 40.8 Å². The number of nitrogens with one attached hydrogen (secondary N) is 4. The molecule has 4 rings (SSSR count). The lowest BCUT2D eigenvalue weighted by atomic mass is 10.1. The Morgan fingerprint density at radius 1 is 1.14 bits per heavy atom. The van der Waals surface area contributed by atoms with Gasteiger partial charge in [-0.1, -0.05) is 12.1 Å². The maximum Gasteiger partial charge on any atom is 0.136 e. The summed E-state index contributed by atoms with van der Waals surface area (Å²) >= 11 is 0. The van der Waals surface area contributed by atoms with Gasteiger partial charge in [-0.3, -0.25) is 4.98 Å². The van der Waals surface area contributed by atoms with Crippen LogP contribution in [0.5, 0.6) is 0 Å². The molecule has 0 bridgehead atoms. The topological polar surface area (TPSA) is 102 Å². The second-order valence-corrected chi connectivity index (χ2v) is 8.97. The van der Waals surface area contributed by atoms with E-state index in [4.69, 9.17) is 4.78 Å². The van der Waals surface area contributed by atoms with E-state index in [2.05, 4.69) is 25.9 Å². The van der Waals surface area contributed by atoms with Crippen molar-refractivity contribution in [2.24, 2.45) is 4.99 Å². The average molecular weight is 407 g/mol. The number of amidine groups is 1. The summed E-state index contributed by atoms with van der Waals surface area (Å²) in [5.74, 6) is 0.805. The fourth-order valence-electron chi connectivity index (χ4n) is 3.08. The molecule has 1 aliphatic rings. The van der Waals surface area contributed by atoms with Gasteiger partial charge < -0.3 is 16.0 Å². The molecule has 0 fully saturated rings. The van der Waals surface area contributed by atoms with Crippen molar-refractivity contribution in [2.75, 3.05) is 28.9 Å². The van der Waals surface area contributed by atoms with Crippen LogP contribution in [0.3, 0.4) is 0 Å². The van der Waals surface area contributed by atoms with Crippen LogP contribution in [0.15, 0.2) is 76.9 Å². The minimum atomic E-state index is -2.71. The highest BCUT2D eigenvalue weighted by Crippen LogP contribution is 2.25. The van der Waals surface area contributed by atoms with Crippen molar-refractivity contribution in [3.8, 4) is 0 Å². The third kappa shape index (κ3) is 4.55. The Kier molecular flexibility index (Phi) is 5.18. The van der Waals surface area contributed by atoms with Crippen molar-refractivity contribution in [3.05, 3.63) is 78.1 Å². The van der Waals surface area contributed by atoms with Gasteiger partial charge in [0.25, 0.3) is 0 Å². The maximum absolute atomic E-state index is 12.0. The minimum absolute atomic E-state index is 0.495. The van der Waals surface area contributed by atoms with E-state index in [1.807, 2.05) is 48.5 Å². The summed E-state index contributed by atoms with van der Waals surface area (Å²) in [5, 5.41) is 10.0. The highest BCUT2D eigenvalue weighted by Gasteiger charge is 2.14. The number of benzene rings is 2. The van der Waals surface area contributed by atoms with Gasteiger partial charge in [0.15, 0.2) is 0 Å². The summed E-state index contributed by atoms with van der Waals surface area (Å²) in [4.78, 5) is 9.19. The molecule has 1 unspecified atom stereocenters. The normalized spacial score (nSPS) is 14.7. The standard InChI is InChI=1S/C21H22N6OS/c1-29(22,28)18-6-2-4-15(10-18)12-24-16-7-8-19-20(11-16)25-14-26-21(19)27-17-5-3-9-23-13-17/h2-11,13,22,24-25H,12,14H2,1H3,(H,26,27). The largest absolute Gasteiger partial charge is 0.381 e. The Labute approximate surface area is 170 Å². The molecule has 2 heterocycles. The summed E-state index contributed by atoms with van der Waals surface area (Å²) in [6, 6.07) is 17.3. The predicted octanol–water partition coefficient (Wildman–Crippen LogP) is 3.97. The molecule has 7 nitrogen and oxygen atoms in total. The van der Waals surface area contributed by atoms with Crippen molar-refractivity contribution >= 4 is 32.6 Å². The first kappa shape index (κ1) is 18.9. The molecule has 0 aliphatic carbocycles. The predicted molar refractivity (Wildman–Crippen MR) is 118 cm³/mol. The molecule has 0 radical (unpaired) electrons. The lowest BCUT2D eigenvalue weighted by Gasteiger charge is -2.20. The maximum atomic E-state index is 12.0. The lowest BCUT2D eigenvalue weighted by Crippen LogP contribution is -2.22. The monoisotopic (exact) mass is 406 g/mol. The SMILES string of the molecule is CS(=N)(=O)c1cccc(CNc2ccc3c(c2)NCN=C3Nc2cccnc2)c1. The quantitative estimate of drug-likeness (QED) is 0.513. The van der Waals surface area contributed by atoms with Crippen molar-refractivity contribution in [1.82, 2.24) is 4.98 Å². The third-order valence-electron chi connectivity index (χ3n) is 4.55. The van der Waals surface area contributed by atoms with Gasteiger partial charge in [-0.05, 0) is 48.0 Å². The fourth-order valence-corrected chi connectivity index (χ4v) is 3.79. The van der Waals surface area contributed by atoms with E-state index in [1.54, 1.807) is 18.5 Å². The third-order valence-corrected chi connectivity index (χ3v) is 5.70. The van der Waals surface area contributed by atoms with E-state index in [0.29, 0.717) is 18.1 Å². The Hall–Kier alpha value is -3.39. The molecule has 0 saturated carbocycles. The number of hydrogen-bond donors (Lipinski definition) is 4. The van der Waals surface area contributed by atoms with Gasteiger partial charge in [-0.15, -0.1) is 0 Å². The molecule has 2 aromatic carbocycles. The molecule has 1 aromatic heterocycles. The molecular formula is C21H22N6OS. The molecule has 29 heavy (non-hydrogen) atoms. The lowest BCUT2D eigenvalue weighted by molar-refractivity contribution is 0.679. The first-order valence-corrected chi connectivity index (χ1v) is 11.1. The number of hydrogen-bond acceptors (Lipinski definition) is 7. The van der Waals surface area contributed by atoms with Crippen LogP contribution < -0.4 is 16.0 Å². The first-order chi connectivity index (χ1) is 14.0. The second kappa shape index (κ2) is 7.92. The molecule has 3 aromatic rings. The molecule has 0 amide bonds. The number of nitrogens with zero attached hydrogens (tertiary/aromatic N) is 2. The molecule has 0 saturated heterocycles. The van der Waals surface area contributed by atoms with Crippen LogP contribution in [-0.4, -0.2) is 28.0 Å². The summed E-state index contributed by atoms with van der Waals surface area (Å²) in [5.41, 5.74) is 4.83. The van der Waals surface area contributed by atoms with E-state index >= 15 is 0 Å². The molecule has 1 atom stereocenters. The van der Waals surface area contributed by atoms with E-state index in [1.165, 1.54) is 6.26 Å². The smallest absolute Gasteiger partial charge is 0.136 e. The first-order valence-electron chi connectivity index (χ1n) is 9.15. The zero-order chi connectivity index (χ0) is 20.3. The van der Waals surface area contributed by atoms with Crippen molar-refractivity contribution in [1.29, 1.82) is 4.78 Å². The Morgan fingerprint density at radius 3 is 2.83 bits per heavy atom. The molecule has 1 aliphatic heterocycles. The number of fused-ring (bicyclic) bond motifs is 1. The van der Waals surface area contributed by atoms with Crippen LogP contribution in [0.4, 0.5) is 17.1 Å². The highest BCUT2D eigenvalue weighted by molar-refractivity contribution is 7.91. The summed E-state index contributed by atoms with van der Waals surface area (Å²) in [7, 11) is -2.71. The van der Waals surface area contributed by atoms with Crippen LogP contribution in [0.1, 0.15) is 11.1 Å². The number of aliphatic imine (C=N–C) groups is 1. The van der Waals surface area contributed by atoms with Gasteiger partial charge in [-0.25, -0.2) is 14.0 Å². The van der Waals surface area contributed by atoms with Crippen LogP contribution in [-0.2, 0) is 16.3 Å². The Morgan fingerprint density at radius 2 is 2.03 bits per heavy atom. The number of aromatic nitrogens is 1. The van der Waals surface area contributed by atoms with Crippen molar-refractivity contribution in [2.45, 2.75) is 11.4 Å². The molecule has 0 spiro atoms. The molecule has 8 heteroatoms. The van der Waals surface area contributed by atoms with Crippen LogP contribution >= 0.6 is 0 Å². The van der Waals surface area contributed by atoms with Gasteiger partial charge in [-0.2, -0.15) is 0 Å². The van der Waals surface area contributed by atoms with Crippen molar-refractivity contribution < 1.29 is 4.21 Å². The van der Waals surface area contributed by atoms with E-state index < -0.39 is 9.73 Å². The average Bonchev–Trinajstić information content (AvgIpc) is 2.73. The van der Waals surface area contributed by atoms with Gasteiger partial charge in [0.1, 0.15) is 12.5 Å². The van der Waals surface area contributed by atoms with Crippen LogP contribution in [0, 0.1) is 4.78 Å². The van der Waals surface area contributed by atoms with E-state index in [9.17, 15) is 4.21 Å². The number of pyridine rings is 1. The highest BCUT2D eigenvalue weighted by atomic mass is 32.2. The Balaban J connectivity index is 1.48. The zero-order valence-electron chi connectivity index (χ0n) is 16.0. The van der Waals surface area contributed by atoms with Gasteiger partial charge >= 0.3 is 0 Å². The number of anilines is 3. The molecule has 148 valence electrons. The van der Waals surface area contributed by atoms with Gasteiger partial charge in [0.05, 0.1) is 21.6 Å². The fraction of sp³-hybridized carbons (Fsp3) is 0.143. The van der Waals surface area contributed by atoms with Crippen LogP contribution in [0.25, 0.3) is 0 Å². The summed E-state index contributed by atoms with van der Waals surface area (Å²) in [6.07, 6.45) is 4.94. The Bertz CT molecular complexity index is 1160. The van der Waals surface area contributed by atoms with E-state index in [-0.39, 0.29) is 0 Å². The second-order valence-electron chi connectivity index (χ2n) is 6.81. The summed E-state index contributed by atoms with van der Waals surface area (Å²) in [6.45, 7) is 1.08. The van der Waals surface area contributed by atoms with Crippen molar-refractivity contribution in [3.63, 3.8) is 0 Å². The zero-order valence-corrected chi connectivity index (χ0v) is 16.8. The number of rotatable bonds is 5. The minimum Gasteiger partial charge on any atom is -0.381 e. The van der Waals surface area contributed by atoms with E-state index in [0.717, 1.165) is 34.0 Å². The molecule has 4 N–H and O–H groups in total. The summed E-state index contributed by atoms with van der Waals surface area (Å²) < 4.78 is 19.7. The van der Waals surface area contributed by atoms with Crippen LogP contribution in [0.2, 0.25) is 0 Å².